The van der Waals surface area contributed by atoms with Gasteiger partial charge in [0.15, 0.2) is 0 Å². The van der Waals surface area contributed by atoms with Gasteiger partial charge in [0.05, 0.1) is 12.1 Å². The Hall–Kier alpha value is -1.24. The van der Waals surface area contributed by atoms with Crippen LogP contribution in [-0.4, -0.2) is 37.1 Å². The zero-order valence-corrected chi connectivity index (χ0v) is 11.6. The van der Waals surface area contributed by atoms with E-state index in [1.807, 2.05) is 19.1 Å². The van der Waals surface area contributed by atoms with Crippen molar-refractivity contribution in [1.29, 1.82) is 5.26 Å². The smallest absolute Gasteiger partial charge is 0.0950 e. The Morgan fingerprint density at radius 1 is 1.28 bits per heavy atom. The molecule has 1 heterocycles. The minimum absolute atomic E-state index is 0.00704. The van der Waals surface area contributed by atoms with Crippen molar-refractivity contribution < 1.29 is 0 Å². The van der Waals surface area contributed by atoms with E-state index in [0.29, 0.717) is 0 Å². The molecule has 4 heteroatoms. The predicted octanol–water partition coefficient (Wildman–Crippen LogP) is 2.68. The molecular weight excluding hydrogens is 246 g/mol. The molecule has 1 aromatic rings. The van der Waals surface area contributed by atoms with E-state index in [1.54, 1.807) is 0 Å². The molecule has 0 bridgehead atoms. The summed E-state index contributed by atoms with van der Waals surface area (Å²) in [4.78, 5) is 4.57. The van der Waals surface area contributed by atoms with Crippen LogP contribution < -0.4 is 4.90 Å². The van der Waals surface area contributed by atoms with E-state index in [1.165, 1.54) is 11.3 Å². The summed E-state index contributed by atoms with van der Waals surface area (Å²) < 4.78 is 0. The number of hydrogen-bond acceptors (Lipinski definition) is 3. The number of nitrogens with zero attached hydrogens (tertiary/aromatic N) is 3. The molecule has 1 aliphatic heterocycles. The number of nitriles is 1. The van der Waals surface area contributed by atoms with E-state index in [9.17, 15) is 0 Å². The largest absolute Gasteiger partial charge is 0.369 e. The summed E-state index contributed by atoms with van der Waals surface area (Å²) in [6.45, 7) is 7.83. The van der Waals surface area contributed by atoms with Crippen molar-refractivity contribution in [1.82, 2.24) is 4.90 Å². The van der Waals surface area contributed by atoms with Gasteiger partial charge >= 0.3 is 0 Å². The predicted molar refractivity (Wildman–Crippen MR) is 75.1 cm³/mol. The second-order valence-corrected chi connectivity index (χ2v) is 5.20. The summed E-state index contributed by atoms with van der Waals surface area (Å²) in [7, 11) is 0. The highest BCUT2D eigenvalue weighted by Crippen LogP contribution is 2.25. The van der Waals surface area contributed by atoms with E-state index >= 15 is 0 Å². The third kappa shape index (κ3) is 2.77. The topological polar surface area (TPSA) is 30.3 Å². The fourth-order valence-electron chi connectivity index (χ4n) is 2.36. The maximum atomic E-state index is 8.93. The fourth-order valence-corrected chi connectivity index (χ4v) is 2.52. The molecule has 0 saturated carbocycles. The first-order chi connectivity index (χ1) is 8.61. The number of piperazine rings is 1. The van der Waals surface area contributed by atoms with E-state index in [0.717, 1.165) is 31.2 Å². The molecule has 1 atom stereocenters. The molecule has 3 nitrogen and oxygen atoms in total. The first kappa shape index (κ1) is 13.2. The van der Waals surface area contributed by atoms with E-state index in [4.69, 9.17) is 16.9 Å². The maximum Gasteiger partial charge on any atom is 0.0950 e. The average Bonchev–Trinajstić information content (AvgIpc) is 2.41. The summed E-state index contributed by atoms with van der Waals surface area (Å²) in [5.41, 5.74) is 2.47. The van der Waals surface area contributed by atoms with Gasteiger partial charge in [-0.05, 0) is 31.5 Å². The summed E-state index contributed by atoms with van der Waals surface area (Å²) in [5, 5.41) is 9.71. The average molecular weight is 264 g/mol. The first-order valence-electron chi connectivity index (χ1n) is 6.26. The first-order valence-corrected chi connectivity index (χ1v) is 6.64. The van der Waals surface area contributed by atoms with Crippen LogP contribution >= 0.6 is 11.6 Å². The molecule has 1 fully saturated rings. The molecule has 0 N–H and O–H groups in total. The molecule has 1 saturated heterocycles. The second-order valence-electron chi connectivity index (χ2n) is 4.76. The molecule has 0 aliphatic carbocycles. The van der Waals surface area contributed by atoms with Crippen LogP contribution in [0.25, 0.3) is 0 Å². The Bertz CT molecular complexity index is 459. The van der Waals surface area contributed by atoms with Crippen LogP contribution in [0.1, 0.15) is 12.5 Å². The van der Waals surface area contributed by atoms with Gasteiger partial charge in [-0.3, -0.25) is 4.90 Å². The molecule has 0 spiro atoms. The number of benzene rings is 1. The van der Waals surface area contributed by atoms with Gasteiger partial charge in [-0.15, -0.1) is 0 Å². The lowest BCUT2D eigenvalue weighted by Crippen LogP contribution is -2.49. The van der Waals surface area contributed by atoms with Crippen LogP contribution in [0.15, 0.2) is 18.2 Å². The van der Waals surface area contributed by atoms with Gasteiger partial charge in [0, 0.05) is 36.9 Å². The zero-order chi connectivity index (χ0) is 13.1. The van der Waals surface area contributed by atoms with Gasteiger partial charge < -0.3 is 4.90 Å². The van der Waals surface area contributed by atoms with Crippen LogP contribution in [0.3, 0.4) is 0 Å². The molecule has 0 aromatic heterocycles. The number of rotatable bonds is 2. The monoisotopic (exact) mass is 263 g/mol. The number of halogens is 1. The summed E-state index contributed by atoms with van der Waals surface area (Å²) in [6.07, 6.45) is 0. The lowest BCUT2D eigenvalue weighted by atomic mass is 10.1. The third-order valence-electron chi connectivity index (χ3n) is 3.56. The highest BCUT2D eigenvalue weighted by atomic mass is 35.5. The lowest BCUT2D eigenvalue weighted by Gasteiger charge is -2.37. The highest BCUT2D eigenvalue weighted by molar-refractivity contribution is 6.30. The molecule has 2 rings (SSSR count). The van der Waals surface area contributed by atoms with Crippen LogP contribution in [0.2, 0.25) is 5.02 Å². The summed E-state index contributed by atoms with van der Waals surface area (Å²) in [5.74, 6) is 0. The number of anilines is 1. The Morgan fingerprint density at radius 2 is 1.94 bits per heavy atom. The van der Waals surface area contributed by atoms with E-state index < -0.39 is 0 Å². The molecule has 0 radical (unpaired) electrons. The third-order valence-corrected chi connectivity index (χ3v) is 3.80. The van der Waals surface area contributed by atoms with Crippen molar-refractivity contribution in [3.05, 3.63) is 28.8 Å². The highest BCUT2D eigenvalue weighted by Gasteiger charge is 2.21. The summed E-state index contributed by atoms with van der Waals surface area (Å²) in [6, 6.07) is 8.31. The quantitative estimate of drug-likeness (QED) is 0.822. The Labute approximate surface area is 114 Å². The van der Waals surface area contributed by atoms with Crippen LogP contribution in [0, 0.1) is 18.3 Å². The molecule has 0 unspecified atom stereocenters. The van der Waals surface area contributed by atoms with Gasteiger partial charge in [0.1, 0.15) is 0 Å². The van der Waals surface area contributed by atoms with Gasteiger partial charge in [0.2, 0.25) is 0 Å². The Morgan fingerprint density at radius 3 is 2.56 bits per heavy atom. The molecule has 96 valence electrons. The van der Waals surface area contributed by atoms with Crippen LogP contribution in [0.4, 0.5) is 5.69 Å². The Balaban J connectivity index is 2.06. The maximum absolute atomic E-state index is 8.93. The zero-order valence-electron chi connectivity index (χ0n) is 10.9. The SMILES string of the molecule is Cc1ccc(Cl)cc1N1CCN([C@@H](C)C#N)CC1. The second kappa shape index (κ2) is 5.60. The van der Waals surface area contributed by atoms with Crippen LogP contribution in [-0.2, 0) is 0 Å². The van der Waals surface area contributed by atoms with Crippen LogP contribution in [0.5, 0.6) is 0 Å². The normalized spacial score (nSPS) is 18.4. The molecule has 0 amide bonds. The van der Waals surface area contributed by atoms with Crippen molar-refractivity contribution in [3.63, 3.8) is 0 Å². The molecule has 18 heavy (non-hydrogen) atoms. The standard InChI is InChI=1S/C14H18ClN3/c1-11-3-4-13(15)9-14(11)18-7-5-17(6-8-18)12(2)10-16/h3-4,9,12H,5-8H2,1-2H3/t12-/m0/s1. The van der Waals surface area contributed by atoms with Gasteiger partial charge in [-0.1, -0.05) is 17.7 Å². The number of aryl methyl sites for hydroxylation is 1. The minimum atomic E-state index is 0.00704. The van der Waals surface area contributed by atoms with Crippen molar-refractivity contribution in [2.75, 3.05) is 31.1 Å². The van der Waals surface area contributed by atoms with Crippen molar-refractivity contribution in [2.24, 2.45) is 0 Å². The van der Waals surface area contributed by atoms with Crippen molar-refractivity contribution in [2.45, 2.75) is 19.9 Å². The molecule has 1 aromatic carbocycles. The summed E-state index contributed by atoms with van der Waals surface area (Å²) >= 11 is 6.06. The fraction of sp³-hybridized carbons (Fsp3) is 0.500. The molecular formula is C14H18ClN3. The van der Waals surface area contributed by atoms with Crippen molar-refractivity contribution >= 4 is 17.3 Å². The Kier molecular flexibility index (Phi) is 4.11. The van der Waals surface area contributed by atoms with Gasteiger partial charge in [0.25, 0.3) is 0 Å². The minimum Gasteiger partial charge on any atom is -0.369 e. The number of hydrogen-bond donors (Lipinski definition) is 0. The van der Waals surface area contributed by atoms with E-state index in [-0.39, 0.29) is 6.04 Å². The lowest BCUT2D eigenvalue weighted by molar-refractivity contribution is 0.231. The van der Waals surface area contributed by atoms with E-state index in [2.05, 4.69) is 28.9 Å². The van der Waals surface area contributed by atoms with Gasteiger partial charge in [-0.25, -0.2) is 0 Å². The molecule has 1 aliphatic rings. The van der Waals surface area contributed by atoms with Crippen molar-refractivity contribution in [3.8, 4) is 6.07 Å². The van der Waals surface area contributed by atoms with Gasteiger partial charge in [-0.2, -0.15) is 5.26 Å².